The van der Waals surface area contributed by atoms with Crippen molar-refractivity contribution < 1.29 is 14.0 Å². The van der Waals surface area contributed by atoms with Crippen LogP contribution in [0.2, 0.25) is 0 Å². The molecule has 0 unspecified atom stereocenters. The first-order valence-electron chi connectivity index (χ1n) is 3.18. The summed E-state index contributed by atoms with van der Waals surface area (Å²) >= 11 is 5.32. The van der Waals surface area contributed by atoms with Crippen LogP contribution in [-0.2, 0) is 0 Å². The molecule has 1 N–H and O–H groups in total. The lowest BCUT2D eigenvalue weighted by Gasteiger charge is -2.21. The van der Waals surface area contributed by atoms with E-state index < -0.39 is 16.9 Å². The number of allylic oxidation sites excluding steroid dienone is 4. The van der Waals surface area contributed by atoms with Crippen molar-refractivity contribution in [2.75, 3.05) is 0 Å². The van der Waals surface area contributed by atoms with Gasteiger partial charge in [0.1, 0.15) is 5.83 Å². The highest BCUT2D eigenvalue weighted by Crippen LogP contribution is 2.33. The Balaban J connectivity index is 2.90. The Labute approximate surface area is 72.8 Å². The molecule has 0 radical (unpaired) electrons. The lowest BCUT2D eigenvalue weighted by molar-refractivity contribution is 0.291. The van der Waals surface area contributed by atoms with Gasteiger partial charge in [0.05, 0.1) is 12.1 Å². The number of oxime groups is 1. The van der Waals surface area contributed by atoms with E-state index in [1.807, 2.05) is 0 Å². The summed E-state index contributed by atoms with van der Waals surface area (Å²) in [5.41, 5.74) is 0. The third-order valence-corrected chi connectivity index (χ3v) is 1.85. The number of nitrogens with zero attached hydrogens (tertiary/aromatic N) is 1. The molecular formula is C7H6ClF2NO. The summed E-state index contributed by atoms with van der Waals surface area (Å²) in [6.45, 7) is 0. The van der Waals surface area contributed by atoms with Crippen LogP contribution < -0.4 is 0 Å². The van der Waals surface area contributed by atoms with Gasteiger partial charge in [-0.2, -0.15) is 0 Å². The van der Waals surface area contributed by atoms with E-state index in [4.69, 9.17) is 16.8 Å². The van der Waals surface area contributed by atoms with E-state index in [0.29, 0.717) is 0 Å². The number of halogens is 3. The minimum absolute atomic E-state index is 0.603. The van der Waals surface area contributed by atoms with Crippen molar-refractivity contribution in [3.8, 4) is 0 Å². The molecule has 0 fully saturated rings. The Morgan fingerprint density at radius 1 is 1.75 bits per heavy atom. The van der Waals surface area contributed by atoms with Gasteiger partial charge in [-0.25, -0.2) is 8.78 Å². The number of hydrogen-bond acceptors (Lipinski definition) is 2. The van der Waals surface area contributed by atoms with Crippen LogP contribution in [-0.4, -0.2) is 16.5 Å². The molecule has 0 heterocycles. The maximum Gasteiger partial charge on any atom is 0.213 e. The maximum absolute atomic E-state index is 13.2. The Morgan fingerprint density at radius 3 is 3.00 bits per heavy atom. The molecule has 0 aromatic rings. The van der Waals surface area contributed by atoms with Gasteiger partial charge in [-0.3, -0.25) is 0 Å². The zero-order chi connectivity index (χ0) is 9.19. The highest BCUT2D eigenvalue weighted by molar-refractivity contribution is 6.25. The molecule has 66 valence electrons. The van der Waals surface area contributed by atoms with E-state index in [9.17, 15) is 8.78 Å². The summed E-state index contributed by atoms with van der Waals surface area (Å²) in [7, 11) is 0. The standard InChI is InChI=1S/C7H6ClF2NO/c8-7(10)2-1-6(9)3-5(7)4-11-12/h1-5,12H/b11-4-/t5-,7-/m0/s1. The molecule has 0 spiro atoms. The van der Waals surface area contributed by atoms with Crippen molar-refractivity contribution in [2.24, 2.45) is 11.1 Å². The molecular weight excluding hydrogens is 188 g/mol. The Bertz CT molecular complexity index is 260. The van der Waals surface area contributed by atoms with Gasteiger partial charge in [-0.05, 0) is 18.2 Å². The Hall–Kier alpha value is -0.900. The van der Waals surface area contributed by atoms with Crippen LogP contribution in [0.1, 0.15) is 0 Å². The predicted molar refractivity (Wildman–Crippen MR) is 41.8 cm³/mol. The van der Waals surface area contributed by atoms with Gasteiger partial charge in [0.15, 0.2) is 0 Å². The molecule has 2 atom stereocenters. The largest absolute Gasteiger partial charge is 0.411 e. The van der Waals surface area contributed by atoms with Crippen molar-refractivity contribution in [3.05, 3.63) is 24.1 Å². The highest BCUT2D eigenvalue weighted by Gasteiger charge is 2.34. The fourth-order valence-corrected chi connectivity index (χ4v) is 1.04. The second kappa shape index (κ2) is 3.23. The maximum atomic E-state index is 13.2. The Morgan fingerprint density at radius 2 is 2.42 bits per heavy atom. The molecule has 1 rings (SSSR count). The molecule has 5 heteroatoms. The molecule has 2 nitrogen and oxygen atoms in total. The van der Waals surface area contributed by atoms with Crippen LogP contribution in [0.15, 0.2) is 29.2 Å². The van der Waals surface area contributed by atoms with Gasteiger partial charge >= 0.3 is 0 Å². The number of rotatable bonds is 1. The lowest BCUT2D eigenvalue weighted by Crippen LogP contribution is -2.26. The summed E-state index contributed by atoms with van der Waals surface area (Å²) in [6, 6.07) is 0. The molecule has 0 saturated carbocycles. The zero-order valence-electron chi connectivity index (χ0n) is 5.92. The summed E-state index contributed by atoms with van der Waals surface area (Å²) in [6.07, 6.45) is 3.56. The minimum atomic E-state index is -2.21. The second-order valence-electron chi connectivity index (χ2n) is 2.35. The van der Waals surface area contributed by atoms with Crippen LogP contribution in [0.4, 0.5) is 8.78 Å². The number of hydrogen-bond donors (Lipinski definition) is 1. The third kappa shape index (κ3) is 1.82. The number of alkyl halides is 2. The summed E-state index contributed by atoms with van der Waals surface area (Å²) < 4.78 is 25.7. The van der Waals surface area contributed by atoms with Gasteiger partial charge in [0.2, 0.25) is 5.13 Å². The predicted octanol–water partition coefficient (Wildman–Crippen LogP) is 2.39. The van der Waals surface area contributed by atoms with Crippen LogP contribution in [0.3, 0.4) is 0 Å². The van der Waals surface area contributed by atoms with Crippen LogP contribution in [0, 0.1) is 5.92 Å². The van der Waals surface area contributed by atoms with E-state index in [1.54, 1.807) is 0 Å². The molecule has 0 aromatic carbocycles. The second-order valence-corrected chi connectivity index (χ2v) is 2.93. The topological polar surface area (TPSA) is 32.6 Å². The minimum Gasteiger partial charge on any atom is -0.411 e. The fraction of sp³-hybridized carbons (Fsp3) is 0.286. The first-order valence-corrected chi connectivity index (χ1v) is 3.56. The smallest absolute Gasteiger partial charge is 0.213 e. The van der Waals surface area contributed by atoms with Gasteiger partial charge in [0, 0.05) is 0 Å². The van der Waals surface area contributed by atoms with E-state index in [0.717, 1.165) is 24.4 Å². The fourth-order valence-electron chi connectivity index (χ4n) is 0.854. The van der Waals surface area contributed by atoms with Crippen LogP contribution in [0.5, 0.6) is 0 Å². The summed E-state index contributed by atoms with van der Waals surface area (Å²) in [5.74, 6) is -1.68. The normalized spacial score (nSPS) is 35.6. The van der Waals surface area contributed by atoms with Crippen LogP contribution in [0.25, 0.3) is 0 Å². The monoisotopic (exact) mass is 193 g/mol. The first-order chi connectivity index (χ1) is 5.56. The van der Waals surface area contributed by atoms with E-state index in [-0.39, 0.29) is 0 Å². The van der Waals surface area contributed by atoms with Crippen molar-refractivity contribution in [3.63, 3.8) is 0 Å². The molecule has 0 aromatic heterocycles. The van der Waals surface area contributed by atoms with Gasteiger partial charge < -0.3 is 5.21 Å². The van der Waals surface area contributed by atoms with Crippen molar-refractivity contribution in [2.45, 2.75) is 5.13 Å². The van der Waals surface area contributed by atoms with E-state index >= 15 is 0 Å². The quantitative estimate of drug-likeness (QED) is 0.295. The molecule has 12 heavy (non-hydrogen) atoms. The molecule has 0 amide bonds. The van der Waals surface area contributed by atoms with Crippen molar-refractivity contribution >= 4 is 17.8 Å². The van der Waals surface area contributed by atoms with E-state index in [1.165, 1.54) is 0 Å². The van der Waals surface area contributed by atoms with E-state index in [2.05, 4.69) is 5.16 Å². The highest BCUT2D eigenvalue weighted by atomic mass is 35.5. The molecule has 1 aliphatic rings. The molecule has 0 aliphatic heterocycles. The summed E-state index contributed by atoms with van der Waals surface area (Å²) in [5, 5.41) is 8.49. The molecule has 1 aliphatic carbocycles. The third-order valence-electron chi connectivity index (χ3n) is 1.48. The average molecular weight is 194 g/mol. The first kappa shape index (κ1) is 9.19. The zero-order valence-corrected chi connectivity index (χ0v) is 6.67. The SMILES string of the molecule is O/N=C\[C@@H]1C=C(F)C=C[C@@]1(F)Cl. The summed E-state index contributed by atoms with van der Waals surface area (Å²) in [4.78, 5) is 0. The molecule has 0 saturated heterocycles. The van der Waals surface area contributed by atoms with Gasteiger partial charge in [-0.15, -0.1) is 5.16 Å². The lowest BCUT2D eigenvalue weighted by atomic mass is 9.99. The van der Waals surface area contributed by atoms with Crippen molar-refractivity contribution in [1.29, 1.82) is 0 Å². The van der Waals surface area contributed by atoms with Gasteiger partial charge in [-0.1, -0.05) is 11.6 Å². The van der Waals surface area contributed by atoms with Crippen molar-refractivity contribution in [1.82, 2.24) is 0 Å². The average Bonchev–Trinajstić information content (AvgIpc) is 1.98. The molecule has 0 bridgehead atoms. The van der Waals surface area contributed by atoms with Crippen LogP contribution >= 0.6 is 11.6 Å². The Kier molecular flexibility index (Phi) is 2.47. The van der Waals surface area contributed by atoms with Gasteiger partial charge in [0.25, 0.3) is 0 Å².